The summed E-state index contributed by atoms with van der Waals surface area (Å²) in [5, 5.41) is 10.9. The normalized spacial score (nSPS) is 13.1. The first-order valence-corrected chi connectivity index (χ1v) is 5.83. The highest BCUT2D eigenvalue weighted by Crippen LogP contribution is 2.07. The van der Waals surface area contributed by atoms with E-state index in [0.29, 0.717) is 0 Å². The average Bonchev–Trinajstić information content (AvgIpc) is 2.64. The van der Waals surface area contributed by atoms with Gasteiger partial charge in [0.1, 0.15) is 0 Å². The highest BCUT2D eigenvalue weighted by Gasteiger charge is 1.98. The van der Waals surface area contributed by atoms with Crippen LogP contribution in [0.2, 0.25) is 0 Å². The van der Waals surface area contributed by atoms with E-state index in [-0.39, 0.29) is 0 Å². The lowest BCUT2D eigenvalue weighted by Gasteiger charge is -2.07. The summed E-state index contributed by atoms with van der Waals surface area (Å²) in [7, 11) is 0. The third-order valence-electron chi connectivity index (χ3n) is 2.00. The van der Waals surface area contributed by atoms with Crippen molar-refractivity contribution in [3.63, 3.8) is 0 Å². The number of rotatable bonds is 6. The van der Waals surface area contributed by atoms with Gasteiger partial charge in [-0.2, -0.15) is 16.9 Å². The molecular weight excluding hydrogens is 182 g/mol. The largest absolute Gasteiger partial charge is 0.311 e. The lowest BCUT2D eigenvalue weighted by molar-refractivity contribution is 0.638. The maximum atomic E-state index is 3.88. The summed E-state index contributed by atoms with van der Waals surface area (Å²) in [6.07, 6.45) is 5.15. The van der Waals surface area contributed by atoms with E-state index in [0.717, 1.165) is 24.0 Å². The standard InChI is InChI=1S/C9H17N3S/c1-8(13-2)3-5-10-7-9-4-6-11-12-9/h4,6,8,10H,3,5,7H2,1-2H3,(H,11,12). The minimum Gasteiger partial charge on any atom is -0.311 e. The molecule has 1 aromatic rings. The maximum Gasteiger partial charge on any atom is 0.0490 e. The van der Waals surface area contributed by atoms with Gasteiger partial charge in [0.05, 0.1) is 0 Å². The molecule has 1 heterocycles. The van der Waals surface area contributed by atoms with Crippen molar-refractivity contribution < 1.29 is 0 Å². The molecule has 13 heavy (non-hydrogen) atoms. The number of aromatic amines is 1. The predicted molar refractivity (Wildman–Crippen MR) is 57.9 cm³/mol. The van der Waals surface area contributed by atoms with E-state index in [1.165, 1.54) is 6.42 Å². The molecule has 0 amide bonds. The van der Waals surface area contributed by atoms with Crippen LogP contribution in [0.15, 0.2) is 12.3 Å². The van der Waals surface area contributed by atoms with Gasteiger partial charge >= 0.3 is 0 Å². The Balaban J connectivity index is 2.02. The molecule has 0 spiro atoms. The molecule has 0 saturated carbocycles. The van der Waals surface area contributed by atoms with Crippen LogP contribution in [0.5, 0.6) is 0 Å². The van der Waals surface area contributed by atoms with Crippen LogP contribution in [-0.4, -0.2) is 28.2 Å². The second-order valence-corrected chi connectivity index (χ2v) is 4.37. The van der Waals surface area contributed by atoms with Crippen LogP contribution >= 0.6 is 11.8 Å². The van der Waals surface area contributed by atoms with E-state index in [1.54, 1.807) is 6.20 Å². The lowest BCUT2D eigenvalue weighted by Crippen LogP contribution is -2.17. The first kappa shape index (κ1) is 10.6. The van der Waals surface area contributed by atoms with Gasteiger partial charge in [-0.3, -0.25) is 5.10 Å². The van der Waals surface area contributed by atoms with E-state index in [9.17, 15) is 0 Å². The fraction of sp³-hybridized carbons (Fsp3) is 0.667. The zero-order valence-corrected chi connectivity index (χ0v) is 9.03. The summed E-state index contributed by atoms with van der Waals surface area (Å²) in [6, 6.07) is 1.99. The molecule has 0 radical (unpaired) electrons. The number of thioether (sulfide) groups is 1. The minimum absolute atomic E-state index is 0.745. The van der Waals surface area contributed by atoms with Crippen molar-refractivity contribution >= 4 is 11.8 Å². The molecule has 1 unspecified atom stereocenters. The predicted octanol–water partition coefficient (Wildman–Crippen LogP) is 1.64. The van der Waals surface area contributed by atoms with Gasteiger partial charge in [0, 0.05) is 23.7 Å². The molecule has 0 aromatic carbocycles. The summed E-state index contributed by atoms with van der Waals surface area (Å²) in [4.78, 5) is 0. The molecule has 4 heteroatoms. The van der Waals surface area contributed by atoms with Crippen molar-refractivity contribution in [1.82, 2.24) is 15.5 Å². The van der Waals surface area contributed by atoms with Crippen LogP contribution in [0.25, 0.3) is 0 Å². The Hall–Kier alpha value is -0.480. The van der Waals surface area contributed by atoms with E-state index in [1.807, 2.05) is 17.8 Å². The Morgan fingerprint density at radius 1 is 1.69 bits per heavy atom. The molecule has 0 aliphatic carbocycles. The van der Waals surface area contributed by atoms with Gasteiger partial charge in [-0.25, -0.2) is 0 Å². The Labute approximate surface area is 83.7 Å². The topological polar surface area (TPSA) is 40.7 Å². The summed E-state index contributed by atoms with van der Waals surface area (Å²) in [5.74, 6) is 0. The number of H-pyrrole nitrogens is 1. The smallest absolute Gasteiger partial charge is 0.0490 e. The second kappa shape index (κ2) is 6.05. The van der Waals surface area contributed by atoms with Crippen LogP contribution in [0.3, 0.4) is 0 Å². The molecule has 0 bridgehead atoms. The summed E-state index contributed by atoms with van der Waals surface area (Å²) >= 11 is 1.91. The monoisotopic (exact) mass is 199 g/mol. The third kappa shape index (κ3) is 4.33. The molecule has 74 valence electrons. The molecule has 3 nitrogen and oxygen atoms in total. The molecule has 1 rings (SSSR count). The van der Waals surface area contributed by atoms with Gasteiger partial charge < -0.3 is 5.32 Å². The number of aromatic nitrogens is 2. The molecule has 1 aromatic heterocycles. The highest BCUT2D eigenvalue weighted by molar-refractivity contribution is 7.99. The van der Waals surface area contributed by atoms with E-state index in [2.05, 4.69) is 28.7 Å². The van der Waals surface area contributed by atoms with Gasteiger partial charge in [0.15, 0.2) is 0 Å². The Morgan fingerprint density at radius 2 is 2.54 bits per heavy atom. The lowest BCUT2D eigenvalue weighted by atomic mass is 10.3. The van der Waals surface area contributed by atoms with Crippen molar-refractivity contribution in [2.45, 2.75) is 25.1 Å². The van der Waals surface area contributed by atoms with Crippen molar-refractivity contribution in [3.05, 3.63) is 18.0 Å². The zero-order valence-electron chi connectivity index (χ0n) is 8.21. The van der Waals surface area contributed by atoms with E-state index >= 15 is 0 Å². The number of nitrogens with one attached hydrogen (secondary N) is 2. The fourth-order valence-corrected chi connectivity index (χ4v) is 1.38. The Kier molecular flexibility index (Phi) is 4.93. The first-order valence-electron chi connectivity index (χ1n) is 4.54. The van der Waals surface area contributed by atoms with Crippen LogP contribution in [0, 0.1) is 0 Å². The highest BCUT2D eigenvalue weighted by atomic mass is 32.2. The van der Waals surface area contributed by atoms with Gasteiger partial charge in [-0.05, 0) is 25.3 Å². The van der Waals surface area contributed by atoms with Crippen molar-refractivity contribution in [2.24, 2.45) is 0 Å². The molecule has 0 fully saturated rings. The molecule has 2 N–H and O–H groups in total. The summed E-state index contributed by atoms with van der Waals surface area (Å²) < 4.78 is 0. The average molecular weight is 199 g/mol. The maximum absolute atomic E-state index is 3.88. The number of nitrogens with zero attached hydrogens (tertiary/aromatic N) is 1. The van der Waals surface area contributed by atoms with Crippen molar-refractivity contribution in [2.75, 3.05) is 12.8 Å². The summed E-state index contributed by atoms with van der Waals surface area (Å²) in [6.45, 7) is 4.21. The Bertz CT molecular complexity index is 211. The molecule has 1 atom stereocenters. The quantitative estimate of drug-likeness (QED) is 0.684. The first-order chi connectivity index (χ1) is 6.33. The van der Waals surface area contributed by atoms with Crippen molar-refractivity contribution in [3.8, 4) is 0 Å². The van der Waals surface area contributed by atoms with Gasteiger partial charge in [0.25, 0.3) is 0 Å². The minimum atomic E-state index is 0.745. The third-order valence-corrected chi connectivity index (χ3v) is 3.04. The van der Waals surface area contributed by atoms with E-state index < -0.39 is 0 Å². The van der Waals surface area contributed by atoms with Crippen LogP contribution < -0.4 is 5.32 Å². The van der Waals surface area contributed by atoms with Gasteiger partial charge in [-0.15, -0.1) is 0 Å². The molecule has 0 aliphatic rings. The number of hydrogen-bond donors (Lipinski definition) is 2. The van der Waals surface area contributed by atoms with E-state index in [4.69, 9.17) is 0 Å². The summed E-state index contributed by atoms with van der Waals surface area (Å²) in [5.41, 5.74) is 1.15. The van der Waals surface area contributed by atoms with Crippen molar-refractivity contribution in [1.29, 1.82) is 0 Å². The van der Waals surface area contributed by atoms with Crippen LogP contribution in [-0.2, 0) is 6.54 Å². The fourth-order valence-electron chi connectivity index (χ4n) is 1.03. The molecule has 0 aliphatic heterocycles. The second-order valence-electron chi connectivity index (χ2n) is 3.09. The zero-order chi connectivity index (χ0) is 9.52. The Morgan fingerprint density at radius 3 is 3.15 bits per heavy atom. The molecular formula is C9H17N3S. The van der Waals surface area contributed by atoms with Gasteiger partial charge in [0.2, 0.25) is 0 Å². The van der Waals surface area contributed by atoms with Crippen LogP contribution in [0.1, 0.15) is 19.0 Å². The van der Waals surface area contributed by atoms with Crippen LogP contribution in [0.4, 0.5) is 0 Å². The van der Waals surface area contributed by atoms with Gasteiger partial charge in [-0.1, -0.05) is 6.92 Å². The number of hydrogen-bond acceptors (Lipinski definition) is 3. The molecule has 0 saturated heterocycles. The SMILES string of the molecule is CSC(C)CCNCc1ccn[nH]1.